The number of nitrogens with zero attached hydrogens (tertiary/aromatic N) is 4. The minimum atomic E-state index is -0.533. The van der Waals surface area contributed by atoms with Crippen LogP contribution in [0.2, 0.25) is 0 Å². The van der Waals surface area contributed by atoms with E-state index in [1.54, 1.807) is 12.3 Å². The van der Waals surface area contributed by atoms with E-state index in [2.05, 4.69) is 30.9 Å². The van der Waals surface area contributed by atoms with Gasteiger partial charge in [-0.1, -0.05) is 6.07 Å². The molecule has 3 rings (SSSR count). The lowest BCUT2D eigenvalue weighted by Gasteiger charge is -2.30. The van der Waals surface area contributed by atoms with Crippen molar-refractivity contribution in [1.82, 2.24) is 20.3 Å². The highest BCUT2D eigenvalue weighted by Crippen LogP contribution is 2.27. The number of rotatable bonds is 9. The maximum atomic E-state index is 12.0. The number of carbonyl (C=O) groups excluding carboxylic acids is 1. The zero-order valence-corrected chi connectivity index (χ0v) is 20.5. The number of alkyl carbamates (subject to hydrolysis) is 1. The molecule has 0 aromatic carbocycles. The zero-order chi connectivity index (χ0) is 25.4. The van der Waals surface area contributed by atoms with E-state index in [4.69, 9.17) is 9.47 Å². The predicted octanol–water partition coefficient (Wildman–Crippen LogP) is 3.90. The quantitative estimate of drug-likeness (QED) is 0.350. The molecule has 2 aromatic rings. The number of ether oxygens (including phenoxy) is 2. The first kappa shape index (κ1) is 25.9. The normalized spacial score (nSPS) is 17.8. The van der Waals surface area contributed by atoms with Gasteiger partial charge >= 0.3 is 11.8 Å². The Hall–Kier alpha value is -3.70. The van der Waals surface area contributed by atoms with E-state index in [1.807, 2.05) is 26.8 Å². The molecule has 1 fully saturated rings. The molecule has 0 unspecified atom stereocenters. The number of hydrogen-bond donors (Lipinski definition) is 3. The highest BCUT2D eigenvalue weighted by molar-refractivity contribution is 5.68. The third kappa shape index (κ3) is 7.94. The average molecular weight is 488 g/mol. The Labute approximate surface area is 204 Å². The van der Waals surface area contributed by atoms with Crippen molar-refractivity contribution in [3.63, 3.8) is 0 Å². The Kier molecular flexibility index (Phi) is 8.61. The van der Waals surface area contributed by atoms with Gasteiger partial charge in [-0.2, -0.15) is 4.98 Å². The summed E-state index contributed by atoms with van der Waals surface area (Å²) in [7, 11) is 1.54. The van der Waals surface area contributed by atoms with Gasteiger partial charge in [0, 0.05) is 30.9 Å². The highest BCUT2D eigenvalue weighted by atomic mass is 16.6. The standard InChI is InChI=1S/C23H33N7O5/c1-23(2,3)35-22(31)28-17-9-7-15(8-10-17)12-25-19-18(30(32)33)14-27-21(29-19)26-13-16-6-5-11-24-20(16)34-4/h5-6,11,14-15,17H,7-10,12-13H2,1-4H3,(H,28,31)(H2,25,26,27,29)/t15-,17-. The lowest BCUT2D eigenvalue weighted by atomic mass is 9.86. The van der Waals surface area contributed by atoms with Gasteiger partial charge in [-0.25, -0.2) is 14.8 Å². The second-order valence-electron chi connectivity index (χ2n) is 9.45. The van der Waals surface area contributed by atoms with E-state index in [0.29, 0.717) is 24.9 Å². The second-order valence-corrected chi connectivity index (χ2v) is 9.45. The van der Waals surface area contributed by atoms with Crippen LogP contribution in [0.4, 0.5) is 22.2 Å². The summed E-state index contributed by atoms with van der Waals surface area (Å²) >= 11 is 0. The van der Waals surface area contributed by atoms with Crippen LogP contribution in [0.5, 0.6) is 5.88 Å². The fourth-order valence-electron chi connectivity index (χ4n) is 3.87. The van der Waals surface area contributed by atoms with Crippen molar-refractivity contribution in [3.8, 4) is 5.88 Å². The number of carbonyl (C=O) groups is 1. The largest absolute Gasteiger partial charge is 0.481 e. The molecular formula is C23H33N7O5. The van der Waals surface area contributed by atoms with Crippen LogP contribution in [0.25, 0.3) is 0 Å². The molecule has 35 heavy (non-hydrogen) atoms. The smallest absolute Gasteiger partial charge is 0.407 e. The molecule has 1 aliphatic carbocycles. The first-order valence-corrected chi connectivity index (χ1v) is 11.6. The average Bonchev–Trinajstić information content (AvgIpc) is 2.81. The van der Waals surface area contributed by atoms with Gasteiger partial charge in [-0.15, -0.1) is 0 Å². The van der Waals surface area contributed by atoms with E-state index in [-0.39, 0.29) is 23.5 Å². The monoisotopic (exact) mass is 487 g/mol. The van der Waals surface area contributed by atoms with E-state index in [9.17, 15) is 14.9 Å². The van der Waals surface area contributed by atoms with Gasteiger partial charge in [-0.05, 0) is 58.4 Å². The fourth-order valence-corrected chi connectivity index (χ4v) is 3.87. The van der Waals surface area contributed by atoms with Crippen molar-refractivity contribution in [2.24, 2.45) is 5.92 Å². The molecule has 0 radical (unpaired) electrons. The minimum absolute atomic E-state index is 0.0646. The number of amides is 1. The molecule has 0 spiro atoms. The lowest BCUT2D eigenvalue weighted by Crippen LogP contribution is -2.41. The molecule has 0 bridgehead atoms. The molecule has 12 nitrogen and oxygen atoms in total. The fraction of sp³-hybridized carbons (Fsp3) is 0.565. The Morgan fingerprint density at radius 1 is 1.20 bits per heavy atom. The molecular weight excluding hydrogens is 454 g/mol. The van der Waals surface area contributed by atoms with Gasteiger partial charge < -0.3 is 25.4 Å². The molecule has 3 N–H and O–H groups in total. The Bertz CT molecular complexity index is 1020. The Morgan fingerprint density at radius 3 is 2.60 bits per heavy atom. The van der Waals surface area contributed by atoms with Crippen LogP contribution >= 0.6 is 0 Å². The number of nitro groups is 1. The van der Waals surface area contributed by atoms with Crippen LogP contribution in [-0.2, 0) is 11.3 Å². The first-order valence-electron chi connectivity index (χ1n) is 11.6. The van der Waals surface area contributed by atoms with Crippen LogP contribution in [0.3, 0.4) is 0 Å². The maximum absolute atomic E-state index is 12.0. The van der Waals surface area contributed by atoms with Crippen LogP contribution in [-0.4, -0.2) is 51.3 Å². The number of hydrogen-bond acceptors (Lipinski definition) is 10. The topological polar surface area (TPSA) is 153 Å². The van der Waals surface area contributed by atoms with Crippen molar-refractivity contribution in [2.75, 3.05) is 24.3 Å². The van der Waals surface area contributed by atoms with Crippen LogP contribution in [0, 0.1) is 16.0 Å². The molecule has 190 valence electrons. The van der Waals surface area contributed by atoms with Crippen molar-refractivity contribution in [3.05, 3.63) is 40.2 Å². The van der Waals surface area contributed by atoms with Gasteiger partial charge in [0.25, 0.3) is 0 Å². The second kappa shape index (κ2) is 11.6. The summed E-state index contributed by atoms with van der Waals surface area (Å²) in [5.74, 6) is 1.21. The van der Waals surface area contributed by atoms with Crippen molar-refractivity contribution >= 4 is 23.5 Å². The third-order valence-corrected chi connectivity index (χ3v) is 5.57. The van der Waals surface area contributed by atoms with Gasteiger partial charge in [0.15, 0.2) is 0 Å². The molecule has 12 heteroatoms. The number of nitrogens with one attached hydrogen (secondary N) is 3. The molecule has 1 saturated carbocycles. The van der Waals surface area contributed by atoms with E-state index in [1.165, 1.54) is 13.3 Å². The zero-order valence-electron chi connectivity index (χ0n) is 20.5. The summed E-state index contributed by atoms with van der Waals surface area (Å²) < 4.78 is 10.6. The van der Waals surface area contributed by atoms with Gasteiger partial charge in [0.1, 0.15) is 11.8 Å². The third-order valence-electron chi connectivity index (χ3n) is 5.57. The predicted molar refractivity (Wildman–Crippen MR) is 130 cm³/mol. The number of pyridine rings is 1. The van der Waals surface area contributed by atoms with Crippen LogP contribution < -0.4 is 20.7 Å². The summed E-state index contributed by atoms with van der Waals surface area (Å²) in [4.78, 5) is 35.5. The first-order chi connectivity index (χ1) is 16.6. The van der Waals surface area contributed by atoms with Crippen molar-refractivity contribution < 1.29 is 19.2 Å². The molecule has 1 aliphatic rings. The number of methoxy groups -OCH3 is 1. The highest BCUT2D eigenvalue weighted by Gasteiger charge is 2.26. The number of aromatic nitrogens is 3. The van der Waals surface area contributed by atoms with Crippen LogP contribution in [0.15, 0.2) is 24.5 Å². The molecule has 0 aliphatic heterocycles. The Balaban J connectivity index is 1.54. The summed E-state index contributed by atoms with van der Waals surface area (Å²) in [5, 5.41) is 20.6. The summed E-state index contributed by atoms with van der Waals surface area (Å²) in [6.45, 7) is 6.38. The Morgan fingerprint density at radius 2 is 1.94 bits per heavy atom. The molecule has 0 atom stereocenters. The van der Waals surface area contributed by atoms with Crippen molar-refractivity contribution in [2.45, 2.75) is 64.6 Å². The molecule has 2 heterocycles. The molecule has 1 amide bonds. The minimum Gasteiger partial charge on any atom is -0.481 e. The van der Waals surface area contributed by atoms with Crippen molar-refractivity contribution in [1.29, 1.82) is 0 Å². The molecule has 0 saturated heterocycles. The van der Waals surface area contributed by atoms with E-state index >= 15 is 0 Å². The summed E-state index contributed by atoms with van der Waals surface area (Å²) in [5.41, 5.74) is 0.0906. The summed E-state index contributed by atoms with van der Waals surface area (Å²) in [6, 6.07) is 3.72. The molecule has 2 aromatic heterocycles. The van der Waals surface area contributed by atoms with Gasteiger partial charge in [0.2, 0.25) is 17.6 Å². The van der Waals surface area contributed by atoms with Gasteiger partial charge in [0.05, 0.1) is 12.0 Å². The number of anilines is 2. The van der Waals surface area contributed by atoms with Crippen LogP contribution in [0.1, 0.15) is 52.0 Å². The van der Waals surface area contributed by atoms with Gasteiger partial charge in [-0.3, -0.25) is 10.1 Å². The lowest BCUT2D eigenvalue weighted by molar-refractivity contribution is -0.384. The maximum Gasteiger partial charge on any atom is 0.407 e. The van der Waals surface area contributed by atoms with E-state index < -0.39 is 16.6 Å². The SMILES string of the molecule is COc1ncccc1CNc1ncc([N+](=O)[O-])c(NC[C@H]2CC[C@H](NC(=O)OC(C)(C)C)CC2)n1. The summed E-state index contributed by atoms with van der Waals surface area (Å²) in [6.07, 6.45) is 5.80. The van der Waals surface area contributed by atoms with E-state index in [0.717, 1.165) is 31.2 Å².